The van der Waals surface area contributed by atoms with Crippen molar-refractivity contribution >= 4 is 22.5 Å². The van der Waals surface area contributed by atoms with Crippen molar-refractivity contribution in [2.45, 2.75) is 39.7 Å². The molecule has 0 spiro atoms. The Morgan fingerprint density at radius 3 is 2.46 bits per heavy atom. The van der Waals surface area contributed by atoms with Crippen LogP contribution in [0.2, 0.25) is 0 Å². The Morgan fingerprint density at radius 1 is 1.04 bits per heavy atom. The van der Waals surface area contributed by atoms with Crippen molar-refractivity contribution in [3.05, 3.63) is 76.1 Å². The van der Waals surface area contributed by atoms with Crippen LogP contribution in [0, 0.1) is 0 Å². The number of pyridine rings is 1. The summed E-state index contributed by atoms with van der Waals surface area (Å²) in [7, 11) is 0. The summed E-state index contributed by atoms with van der Waals surface area (Å²) in [6.45, 7) is 4.85. The lowest BCUT2D eigenvalue weighted by atomic mass is 10.1. The number of nitrogens with one attached hydrogen (secondary N) is 1. The zero-order valence-corrected chi connectivity index (χ0v) is 15.3. The van der Waals surface area contributed by atoms with Gasteiger partial charge in [-0.15, -0.1) is 0 Å². The summed E-state index contributed by atoms with van der Waals surface area (Å²) in [5.74, 6) is -0.371. The Bertz CT molecular complexity index is 972. The standard InChI is InChI=1S/C22H24N2O2/c1-3-5-8-16-11-13-17(14-12-16)23-22(26)19-15-24(4-2)20-10-7-6-9-18(20)21(19)25/h6-7,9-15H,3-5,8H2,1-2H3,(H,23,26). The SMILES string of the molecule is CCCCc1ccc(NC(=O)c2cn(CC)c3ccccc3c2=O)cc1. The fourth-order valence-corrected chi connectivity index (χ4v) is 3.10. The number of para-hydroxylation sites is 1. The number of aromatic nitrogens is 1. The fraction of sp³-hybridized carbons (Fsp3) is 0.273. The van der Waals surface area contributed by atoms with Crippen molar-refractivity contribution in [2.24, 2.45) is 0 Å². The Morgan fingerprint density at radius 2 is 1.77 bits per heavy atom. The van der Waals surface area contributed by atoms with E-state index in [0.29, 0.717) is 17.6 Å². The smallest absolute Gasteiger partial charge is 0.261 e. The van der Waals surface area contributed by atoms with Gasteiger partial charge in [0.25, 0.3) is 5.91 Å². The molecule has 0 atom stereocenters. The predicted molar refractivity (Wildman–Crippen MR) is 107 cm³/mol. The highest BCUT2D eigenvalue weighted by atomic mass is 16.2. The van der Waals surface area contributed by atoms with Crippen LogP contribution in [0.4, 0.5) is 5.69 Å². The van der Waals surface area contributed by atoms with Crippen LogP contribution < -0.4 is 10.7 Å². The van der Waals surface area contributed by atoms with Crippen LogP contribution in [0.1, 0.15) is 42.6 Å². The molecule has 2 aromatic carbocycles. The Hall–Kier alpha value is -2.88. The van der Waals surface area contributed by atoms with Gasteiger partial charge in [0, 0.05) is 23.8 Å². The van der Waals surface area contributed by atoms with Gasteiger partial charge in [-0.1, -0.05) is 37.6 Å². The number of fused-ring (bicyclic) bond motifs is 1. The number of nitrogens with zero attached hydrogens (tertiary/aromatic N) is 1. The highest BCUT2D eigenvalue weighted by Crippen LogP contribution is 2.15. The molecule has 0 saturated heterocycles. The number of amides is 1. The van der Waals surface area contributed by atoms with Crippen molar-refractivity contribution in [3.8, 4) is 0 Å². The lowest BCUT2D eigenvalue weighted by molar-refractivity contribution is 0.102. The molecule has 4 heteroatoms. The van der Waals surface area contributed by atoms with Crippen LogP contribution in [0.3, 0.4) is 0 Å². The van der Waals surface area contributed by atoms with E-state index < -0.39 is 0 Å². The summed E-state index contributed by atoms with van der Waals surface area (Å²) in [4.78, 5) is 25.4. The summed E-state index contributed by atoms with van der Waals surface area (Å²) in [5, 5.41) is 3.41. The van der Waals surface area contributed by atoms with Gasteiger partial charge in [-0.25, -0.2) is 0 Å². The number of carbonyl (C=O) groups excluding carboxylic acids is 1. The second kappa shape index (κ2) is 8.00. The number of anilines is 1. The largest absolute Gasteiger partial charge is 0.347 e. The van der Waals surface area contributed by atoms with E-state index in [1.54, 1.807) is 12.3 Å². The molecule has 1 heterocycles. The van der Waals surface area contributed by atoms with E-state index in [-0.39, 0.29) is 16.9 Å². The lowest BCUT2D eigenvalue weighted by Gasteiger charge is -2.12. The molecule has 0 aliphatic rings. The van der Waals surface area contributed by atoms with Gasteiger partial charge in [0.05, 0.1) is 5.52 Å². The molecule has 1 aromatic heterocycles. The quantitative estimate of drug-likeness (QED) is 0.707. The van der Waals surface area contributed by atoms with E-state index in [9.17, 15) is 9.59 Å². The van der Waals surface area contributed by atoms with Crippen molar-refractivity contribution in [2.75, 3.05) is 5.32 Å². The van der Waals surface area contributed by atoms with Crippen molar-refractivity contribution in [1.82, 2.24) is 4.57 Å². The summed E-state index contributed by atoms with van der Waals surface area (Å²) >= 11 is 0. The van der Waals surface area contributed by atoms with E-state index in [1.807, 2.05) is 54.0 Å². The first-order valence-corrected chi connectivity index (χ1v) is 9.16. The second-order valence-corrected chi connectivity index (χ2v) is 6.43. The summed E-state index contributed by atoms with van der Waals surface area (Å²) in [6.07, 6.45) is 5.00. The first-order chi connectivity index (χ1) is 12.6. The van der Waals surface area contributed by atoms with Gasteiger partial charge in [-0.3, -0.25) is 9.59 Å². The van der Waals surface area contributed by atoms with E-state index in [4.69, 9.17) is 0 Å². The fourth-order valence-electron chi connectivity index (χ4n) is 3.10. The average Bonchev–Trinajstić information content (AvgIpc) is 2.68. The van der Waals surface area contributed by atoms with E-state index in [1.165, 1.54) is 5.56 Å². The molecule has 134 valence electrons. The van der Waals surface area contributed by atoms with Crippen LogP contribution >= 0.6 is 0 Å². The number of rotatable bonds is 6. The highest BCUT2D eigenvalue weighted by molar-refractivity contribution is 6.05. The van der Waals surface area contributed by atoms with E-state index >= 15 is 0 Å². The Balaban J connectivity index is 1.88. The third-order valence-electron chi connectivity index (χ3n) is 4.60. The molecule has 1 N–H and O–H groups in total. The summed E-state index contributed by atoms with van der Waals surface area (Å²) < 4.78 is 1.93. The molecule has 0 aliphatic heterocycles. The van der Waals surface area contributed by atoms with Crippen molar-refractivity contribution in [1.29, 1.82) is 0 Å². The first-order valence-electron chi connectivity index (χ1n) is 9.16. The molecule has 0 aliphatic carbocycles. The van der Waals surface area contributed by atoms with Crippen LogP contribution in [0.15, 0.2) is 59.5 Å². The molecule has 0 saturated carbocycles. The van der Waals surface area contributed by atoms with Crippen molar-refractivity contribution < 1.29 is 4.79 Å². The van der Waals surface area contributed by atoms with Crippen molar-refractivity contribution in [3.63, 3.8) is 0 Å². The molecule has 3 aromatic rings. The predicted octanol–water partition coefficient (Wildman–Crippen LogP) is 4.62. The zero-order chi connectivity index (χ0) is 18.5. The number of carbonyl (C=O) groups is 1. The molecule has 4 nitrogen and oxygen atoms in total. The van der Waals surface area contributed by atoms with Gasteiger partial charge in [0.15, 0.2) is 0 Å². The van der Waals surface area contributed by atoms with Gasteiger partial charge in [0.1, 0.15) is 5.56 Å². The molecule has 1 amide bonds. The number of hydrogen-bond acceptors (Lipinski definition) is 2. The highest BCUT2D eigenvalue weighted by Gasteiger charge is 2.15. The number of hydrogen-bond donors (Lipinski definition) is 1. The second-order valence-electron chi connectivity index (χ2n) is 6.43. The Kier molecular flexibility index (Phi) is 5.52. The van der Waals surface area contributed by atoms with Crippen LogP contribution in [-0.2, 0) is 13.0 Å². The first kappa shape index (κ1) is 17.9. The van der Waals surface area contributed by atoms with E-state index in [2.05, 4.69) is 12.2 Å². The van der Waals surface area contributed by atoms with E-state index in [0.717, 1.165) is 24.8 Å². The normalized spacial score (nSPS) is 10.8. The minimum absolute atomic E-state index is 0.167. The number of benzene rings is 2. The molecule has 26 heavy (non-hydrogen) atoms. The average molecular weight is 348 g/mol. The van der Waals surface area contributed by atoms with Crippen LogP contribution in [0.25, 0.3) is 10.9 Å². The minimum atomic E-state index is -0.371. The van der Waals surface area contributed by atoms with Gasteiger partial charge >= 0.3 is 0 Å². The summed E-state index contributed by atoms with van der Waals surface area (Å²) in [6, 6.07) is 15.2. The molecular weight excluding hydrogens is 324 g/mol. The third-order valence-corrected chi connectivity index (χ3v) is 4.60. The maximum Gasteiger partial charge on any atom is 0.261 e. The molecule has 3 rings (SSSR count). The van der Waals surface area contributed by atoms with Gasteiger partial charge < -0.3 is 9.88 Å². The van der Waals surface area contributed by atoms with Gasteiger partial charge in [-0.05, 0) is 49.6 Å². The third kappa shape index (κ3) is 3.69. The molecular formula is C22H24N2O2. The maximum absolute atomic E-state index is 12.7. The molecule has 0 fully saturated rings. The minimum Gasteiger partial charge on any atom is -0.347 e. The van der Waals surface area contributed by atoms with Gasteiger partial charge in [-0.2, -0.15) is 0 Å². The van der Waals surface area contributed by atoms with Gasteiger partial charge in [0.2, 0.25) is 5.43 Å². The lowest BCUT2D eigenvalue weighted by Crippen LogP contribution is -2.23. The summed E-state index contributed by atoms with van der Waals surface area (Å²) in [5.41, 5.74) is 2.73. The number of aryl methyl sites for hydroxylation is 2. The molecule has 0 bridgehead atoms. The molecule has 0 radical (unpaired) electrons. The number of unbranched alkanes of at least 4 members (excludes halogenated alkanes) is 1. The Labute approximate surface area is 153 Å². The molecule has 0 unspecified atom stereocenters. The topological polar surface area (TPSA) is 51.1 Å². The maximum atomic E-state index is 12.7. The monoisotopic (exact) mass is 348 g/mol. The zero-order valence-electron chi connectivity index (χ0n) is 15.3. The van der Waals surface area contributed by atoms with Crippen LogP contribution in [0.5, 0.6) is 0 Å². The van der Waals surface area contributed by atoms with Crippen LogP contribution in [-0.4, -0.2) is 10.5 Å².